The van der Waals surface area contributed by atoms with Gasteiger partial charge in [-0.3, -0.25) is 0 Å². The van der Waals surface area contributed by atoms with Crippen LogP contribution in [0.3, 0.4) is 0 Å². The zero-order valence-electron chi connectivity index (χ0n) is 48.2. The molecule has 21 heteroatoms. The molecule has 6 aromatic rings. The zero-order valence-corrected chi connectivity index (χ0v) is 48.2. The minimum absolute atomic E-state index is 0.152. The van der Waals surface area contributed by atoms with E-state index in [1.807, 2.05) is 13.8 Å². The molecule has 3 aliphatic rings. The number of esters is 6. The van der Waals surface area contributed by atoms with E-state index in [0.717, 1.165) is 0 Å². The predicted octanol–water partition coefficient (Wildman–Crippen LogP) is 10.2. The van der Waals surface area contributed by atoms with Gasteiger partial charge in [-0.1, -0.05) is 142 Å². The van der Waals surface area contributed by atoms with Crippen LogP contribution in [0.15, 0.2) is 187 Å². The van der Waals surface area contributed by atoms with Crippen LogP contribution >= 0.6 is 0 Å². The highest BCUT2D eigenvalue weighted by Crippen LogP contribution is 2.38. The Bertz CT molecular complexity index is 3270. The Morgan fingerprint density at radius 2 is 0.621 bits per heavy atom. The summed E-state index contributed by atoms with van der Waals surface area (Å²) in [6.45, 7) is 5.92. The molecule has 15 atom stereocenters. The van der Waals surface area contributed by atoms with Gasteiger partial charge in [0.2, 0.25) is 0 Å². The average molecular weight is 1190 g/mol. The fourth-order valence-electron chi connectivity index (χ4n) is 10.5. The van der Waals surface area contributed by atoms with Gasteiger partial charge < -0.3 is 56.8 Å². The van der Waals surface area contributed by atoms with E-state index in [-0.39, 0.29) is 53.1 Å². The highest BCUT2D eigenvalue weighted by atomic mass is 16.8. The summed E-state index contributed by atoms with van der Waals surface area (Å²) in [5.74, 6) is -6.82. The van der Waals surface area contributed by atoms with Gasteiger partial charge in [0, 0.05) is 29.2 Å². The lowest BCUT2D eigenvalue weighted by Gasteiger charge is -2.47. The van der Waals surface area contributed by atoms with Crippen molar-refractivity contribution >= 4 is 35.8 Å². The zero-order chi connectivity index (χ0) is 61.2. The van der Waals surface area contributed by atoms with Crippen molar-refractivity contribution in [2.75, 3.05) is 26.4 Å². The largest absolute Gasteiger partial charge is 0.454 e. The maximum atomic E-state index is 14.3. The molecule has 0 aliphatic carbocycles. The Balaban J connectivity index is 1.06. The lowest BCUT2D eigenvalue weighted by molar-refractivity contribution is -0.328. The number of carbonyl (C=O) groups is 6. The van der Waals surface area contributed by atoms with Crippen LogP contribution in [0, 0.1) is 17.8 Å². The lowest BCUT2D eigenvalue weighted by atomic mass is 9.88. The van der Waals surface area contributed by atoms with E-state index in [2.05, 4.69) is 10.0 Å². The molecule has 0 aromatic heterocycles. The summed E-state index contributed by atoms with van der Waals surface area (Å²) in [7, 11) is 0. The van der Waals surface area contributed by atoms with E-state index in [1.54, 1.807) is 196 Å². The topological polar surface area (TPSA) is 262 Å². The van der Waals surface area contributed by atoms with Crippen LogP contribution in [0.1, 0.15) is 96.3 Å². The second-order valence-corrected chi connectivity index (χ2v) is 21.0. The van der Waals surface area contributed by atoms with Crippen LogP contribution in [0.4, 0.5) is 0 Å². The molecule has 0 spiro atoms. The smallest absolute Gasteiger partial charge is 0.338 e. The molecule has 0 N–H and O–H groups in total. The molecule has 0 unspecified atom stereocenters. The molecule has 6 aromatic carbocycles. The molecular weight excluding hydrogens is 1120 g/mol. The molecule has 21 nitrogen and oxygen atoms in total. The van der Waals surface area contributed by atoms with Crippen LogP contribution in [-0.4, -0.2) is 136 Å². The van der Waals surface area contributed by atoms with Crippen molar-refractivity contribution in [2.24, 2.45) is 22.9 Å². The molecule has 87 heavy (non-hydrogen) atoms. The van der Waals surface area contributed by atoms with Gasteiger partial charge in [-0.25, -0.2) is 28.8 Å². The Kier molecular flexibility index (Phi) is 22.0. The SMILES string of the molecule is CC[C@H]1O[C@@H](OC[C@H]2O[C@@H](OC[C@H]3O[C@@H](OCCN=[N+]=[N-])[C@H](OC(=O)c4ccccc4)[C@@H](OC(=O)c4ccccc4)[C@@H]3C)[C@H](OC(=O)c3ccccc3)[C@@H](OC(=O)c3ccccc3)[C@@H]2C)[C@H](OC(=O)c2ccccc2)[C@@H](OC(=O)c2ccccc2)[C@@H]1C. The number of benzene rings is 6. The molecule has 3 saturated heterocycles. The monoisotopic (exact) mass is 1190 g/mol. The molecule has 0 amide bonds. The van der Waals surface area contributed by atoms with E-state index >= 15 is 0 Å². The van der Waals surface area contributed by atoms with Crippen molar-refractivity contribution in [3.63, 3.8) is 0 Å². The van der Waals surface area contributed by atoms with Crippen molar-refractivity contribution in [1.29, 1.82) is 0 Å². The fourth-order valence-corrected chi connectivity index (χ4v) is 10.5. The van der Waals surface area contributed by atoms with Gasteiger partial charge in [0.25, 0.3) is 0 Å². The first-order chi connectivity index (χ1) is 42.3. The summed E-state index contributed by atoms with van der Waals surface area (Å²) < 4.78 is 77.0. The maximum Gasteiger partial charge on any atom is 0.338 e. The number of ether oxygens (including phenoxy) is 12. The summed E-state index contributed by atoms with van der Waals surface area (Å²) >= 11 is 0. The second-order valence-electron chi connectivity index (χ2n) is 21.0. The molecule has 0 saturated carbocycles. The molecule has 0 bridgehead atoms. The van der Waals surface area contributed by atoms with Crippen molar-refractivity contribution in [3.05, 3.63) is 226 Å². The van der Waals surface area contributed by atoms with E-state index < -0.39 is 134 Å². The van der Waals surface area contributed by atoms with Gasteiger partial charge >= 0.3 is 35.8 Å². The van der Waals surface area contributed by atoms with Gasteiger partial charge in [0.05, 0.1) is 71.5 Å². The third kappa shape index (κ3) is 16.0. The highest BCUT2D eigenvalue weighted by molar-refractivity contribution is 5.92. The van der Waals surface area contributed by atoms with Gasteiger partial charge in [0.1, 0.15) is 18.3 Å². The molecule has 3 aliphatic heterocycles. The Hall–Kier alpha value is -8.79. The van der Waals surface area contributed by atoms with Crippen molar-refractivity contribution in [2.45, 2.75) is 108 Å². The van der Waals surface area contributed by atoms with Crippen LogP contribution in [0.25, 0.3) is 10.4 Å². The van der Waals surface area contributed by atoms with Gasteiger partial charge in [-0.2, -0.15) is 0 Å². The molecule has 3 fully saturated rings. The average Bonchev–Trinajstić information content (AvgIpc) is 1.46. The number of hydrogen-bond acceptors (Lipinski definition) is 19. The number of carbonyl (C=O) groups excluding carboxylic acids is 6. The van der Waals surface area contributed by atoms with Gasteiger partial charge in [0.15, 0.2) is 37.2 Å². The van der Waals surface area contributed by atoms with Crippen LogP contribution in [0.2, 0.25) is 0 Å². The minimum atomic E-state index is -1.61. The quantitative estimate of drug-likeness (QED) is 0.0144. The van der Waals surface area contributed by atoms with E-state index in [0.29, 0.717) is 6.42 Å². The Labute approximate surface area is 502 Å². The Morgan fingerprint density at radius 3 is 0.885 bits per heavy atom. The van der Waals surface area contributed by atoms with Crippen LogP contribution in [-0.2, 0) is 56.8 Å². The molecular formula is C66H67N3O18. The van der Waals surface area contributed by atoms with E-state index in [9.17, 15) is 28.8 Å². The second kappa shape index (κ2) is 30.5. The fraction of sp³-hybridized carbons (Fsp3) is 0.364. The van der Waals surface area contributed by atoms with Crippen LogP contribution < -0.4 is 0 Å². The number of nitrogens with zero attached hydrogens (tertiary/aromatic N) is 3. The highest BCUT2D eigenvalue weighted by Gasteiger charge is 2.54. The summed E-state index contributed by atoms with van der Waals surface area (Å²) in [5.41, 5.74) is 10.3. The van der Waals surface area contributed by atoms with Crippen molar-refractivity contribution in [3.8, 4) is 0 Å². The molecule has 9 rings (SSSR count). The third-order valence-electron chi connectivity index (χ3n) is 15.3. The summed E-state index contributed by atoms with van der Waals surface area (Å²) in [4.78, 5) is 87.1. The van der Waals surface area contributed by atoms with Crippen LogP contribution in [0.5, 0.6) is 0 Å². The minimum Gasteiger partial charge on any atom is -0.454 e. The van der Waals surface area contributed by atoms with Gasteiger partial charge in [-0.15, -0.1) is 0 Å². The third-order valence-corrected chi connectivity index (χ3v) is 15.3. The summed E-state index contributed by atoms with van der Waals surface area (Å²) in [5, 5.41) is 3.58. The normalized spacial score (nSPS) is 26.8. The summed E-state index contributed by atoms with van der Waals surface area (Å²) in [6, 6.07) is 49.2. The number of rotatable bonds is 23. The lowest BCUT2D eigenvalue weighted by Crippen LogP contribution is -2.61. The standard InChI is InChI=1S/C66H67N3O18/c1-5-49-40(2)52(82-58(70)43-24-12-6-13-25-43)56(86-62(74)47-32-20-10-21-33-47)65(79-49)77-39-51-42(4)54(84-60(72)45-28-16-8-17-29-45)57(87-63(75)48-34-22-11-23-35-48)66(81-51)78-38-50-41(3)53(83-59(71)44-26-14-7-15-27-44)55(64(80-50)76-37-36-68-69-67)85-61(73)46-30-18-9-19-31-46/h6-35,40-42,49-57,64-66H,5,36-39H2,1-4H3/t40-,41-,42-,49-,50-,51-,52+,53+,54+,55-,56-,57-,64-,65-,66-/m1/s1. The number of azide groups is 1. The van der Waals surface area contributed by atoms with Crippen molar-refractivity contribution in [1.82, 2.24) is 0 Å². The first-order valence-electron chi connectivity index (χ1n) is 28.7. The predicted molar refractivity (Wildman–Crippen MR) is 310 cm³/mol. The first kappa shape index (κ1) is 62.7. The Morgan fingerprint density at radius 1 is 0.379 bits per heavy atom. The molecule has 0 radical (unpaired) electrons. The number of hydrogen-bond donors (Lipinski definition) is 0. The molecule has 454 valence electrons. The summed E-state index contributed by atoms with van der Waals surface area (Å²) in [6.07, 6.45) is -14.9. The molecule has 3 heterocycles. The first-order valence-corrected chi connectivity index (χ1v) is 28.7. The maximum absolute atomic E-state index is 14.3. The van der Waals surface area contributed by atoms with E-state index in [1.165, 1.54) is 0 Å². The van der Waals surface area contributed by atoms with Crippen molar-refractivity contribution < 1.29 is 85.6 Å². The van der Waals surface area contributed by atoms with Gasteiger partial charge in [-0.05, 0) is 84.7 Å². The van der Waals surface area contributed by atoms with E-state index in [4.69, 9.17) is 62.4 Å².